The van der Waals surface area contributed by atoms with E-state index in [1.165, 1.54) is 0 Å². The van der Waals surface area contributed by atoms with Crippen molar-refractivity contribution in [1.29, 1.82) is 0 Å². The lowest BCUT2D eigenvalue weighted by atomic mass is 10.2. The minimum atomic E-state index is -0.834. The second kappa shape index (κ2) is 6.28. The van der Waals surface area contributed by atoms with Gasteiger partial charge in [-0.2, -0.15) is 0 Å². The summed E-state index contributed by atoms with van der Waals surface area (Å²) in [5.74, 6) is -0.834. The molecule has 0 amide bonds. The zero-order valence-electron chi connectivity index (χ0n) is 9.80. The summed E-state index contributed by atoms with van der Waals surface area (Å²) in [7, 11) is 0. The molecule has 0 saturated carbocycles. The first-order valence-corrected chi connectivity index (χ1v) is 6.56. The van der Waals surface area contributed by atoms with Crippen molar-refractivity contribution in [2.24, 2.45) is 0 Å². The van der Waals surface area contributed by atoms with Gasteiger partial charge in [0, 0.05) is 23.9 Å². The van der Waals surface area contributed by atoms with Gasteiger partial charge in [-0.05, 0) is 0 Å². The van der Waals surface area contributed by atoms with Crippen molar-refractivity contribution in [2.45, 2.75) is 6.42 Å². The maximum Gasteiger partial charge on any atom is 0.317 e. The highest BCUT2D eigenvalue weighted by atomic mass is 32.1. The van der Waals surface area contributed by atoms with Crippen LogP contribution in [-0.2, 0) is 11.2 Å². The minimum Gasteiger partial charge on any atom is -0.480 e. The molecular formula is C13H14N2O2S. The highest BCUT2D eigenvalue weighted by Crippen LogP contribution is 2.21. The Morgan fingerprint density at radius 1 is 1.33 bits per heavy atom. The fourth-order valence-electron chi connectivity index (χ4n) is 1.56. The van der Waals surface area contributed by atoms with E-state index in [2.05, 4.69) is 10.3 Å². The first-order valence-electron chi connectivity index (χ1n) is 5.68. The van der Waals surface area contributed by atoms with Gasteiger partial charge in [0.2, 0.25) is 0 Å². The van der Waals surface area contributed by atoms with Crippen LogP contribution in [0.2, 0.25) is 0 Å². The Bertz CT molecular complexity index is 511. The van der Waals surface area contributed by atoms with Gasteiger partial charge < -0.3 is 10.4 Å². The molecule has 0 saturated heterocycles. The first-order chi connectivity index (χ1) is 8.75. The van der Waals surface area contributed by atoms with E-state index in [1.807, 2.05) is 35.7 Å². The van der Waals surface area contributed by atoms with Crippen molar-refractivity contribution >= 4 is 17.3 Å². The highest BCUT2D eigenvalue weighted by Gasteiger charge is 2.04. The molecule has 0 radical (unpaired) electrons. The Morgan fingerprint density at radius 3 is 2.83 bits per heavy atom. The molecule has 2 N–H and O–H groups in total. The summed E-state index contributed by atoms with van der Waals surface area (Å²) < 4.78 is 0. The van der Waals surface area contributed by atoms with Crippen molar-refractivity contribution in [1.82, 2.24) is 10.3 Å². The second-order valence-electron chi connectivity index (χ2n) is 3.81. The van der Waals surface area contributed by atoms with Crippen LogP contribution >= 0.6 is 11.3 Å². The number of carboxylic acid groups (broad SMARTS) is 1. The number of rotatable bonds is 6. The third-order valence-electron chi connectivity index (χ3n) is 2.41. The fraction of sp³-hybridized carbons (Fsp3) is 0.231. The summed E-state index contributed by atoms with van der Waals surface area (Å²) in [5.41, 5.74) is 2.09. The van der Waals surface area contributed by atoms with Crippen molar-refractivity contribution in [3.05, 3.63) is 40.7 Å². The van der Waals surface area contributed by atoms with Crippen molar-refractivity contribution in [3.8, 4) is 11.3 Å². The number of hydrogen-bond acceptors (Lipinski definition) is 4. The quantitative estimate of drug-likeness (QED) is 0.782. The summed E-state index contributed by atoms with van der Waals surface area (Å²) in [6.07, 6.45) is 0.755. The molecule has 0 unspecified atom stereocenters. The van der Waals surface area contributed by atoms with Gasteiger partial charge in [-0.3, -0.25) is 4.79 Å². The predicted molar refractivity (Wildman–Crippen MR) is 71.8 cm³/mol. The molecule has 18 heavy (non-hydrogen) atoms. The molecule has 2 rings (SSSR count). The highest BCUT2D eigenvalue weighted by molar-refractivity contribution is 7.09. The van der Waals surface area contributed by atoms with Crippen LogP contribution in [0.15, 0.2) is 35.7 Å². The molecule has 0 spiro atoms. The van der Waals surface area contributed by atoms with Crippen LogP contribution in [0.25, 0.3) is 11.3 Å². The summed E-state index contributed by atoms with van der Waals surface area (Å²) in [6, 6.07) is 10.0. The summed E-state index contributed by atoms with van der Waals surface area (Å²) in [5, 5.41) is 14.4. The van der Waals surface area contributed by atoms with Crippen molar-refractivity contribution in [2.75, 3.05) is 13.1 Å². The molecule has 1 aromatic carbocycles. The number of nitrogens with one attached hydrogen (secondary N) is 1. The van der Waals surface area contributed by atoms with E-state index in [4.69, 9.17) is 5.11 Å². The van der Waals surface area contributed by atoms with Crippen molar-refractivity contribution < 1.29 is 9.90 Å². The van der Waals surface area contributed by atoms with E-state index >= 15 is 0 Å². The third-order valence-corrected chi connectivity index (χ3v) is 3.32. The van der Waals surface area contributed by atoms with Crippen LogP contribution in [0.1, 0.15) is 5.01 Å². The lowest BCUT2D eigenvalue weighted by Gasteiger charge is -1.98. The van der Waals surface area contributed by atoms with E-state index in [0.29, 0.717) is 6.54 Å². The van der Waals surface area contributed by atoms with E-state index in [9.17, 15) is 4.79 Å². The Kier molecular flexibility index (Phi) is 4.44. The Balaban J connectivity index is 1.89. The monoisotopic (exact) mass is 262 g/mol. The predicted octanol–water partition coefficient (Wildman–Crippen LogP) is 2.03. The second-order valence-corrected chi connectivity index (χ2v) is 4.76. The number of benzene rings is 1. The molecule has 4 nitrogen and oxygen atoms in total. The average molecular weight is 262 g/mol. The maximum absolute atomic E-state index is 10.3. The van der Waals surface area contributed by atoms with Gasteiger partial charge in [0.25, 0.3) is 0 Å². The molecule has 1 aromatic heterocycles. The van der Waals surface area contributed by atoms with E-state index in [-0.39, 0.29) is 6.54 Å². The largest absolute Gasteiger partial charge is 0.480 e. The maximum atomic E-state index is 10.3. The molecule has 0 bridgehead atoms. The number of aromatic nitrogens is 1. The molecule has 0 aliphatic carbocycles. The SMILES string of the molecule is O=C(O)CNCCc1nc(-c2ccccc2)cs1. The number of carbonyl (C=O) groups is 1. The molecule has 0 aliphatic heterocycles. The Labute approximate surface area is 109 Å². The van der Waals surface area contributed by atoms with Gasteiger partial charge in [-0.1, -0.05) is 30.3 Å². The molecule has 0 fully saturated rings. The van der Waals surface area contributed by atoms with Gasteiger partial charge in [0.15, 0.2) is 0 Å². The standard InChI is InChI=1S/C13H14N2O2S/c16-13(17)8-14-7-6-12-15-11(9-18-12)10-4-2-1-3-5-10/h1-5,9,14H,6-8H2,(H,16,17). The molecule has 2 aromatic rings. The average Bonchev–Trinajstić information content (AvgIpc) is 2.84. The number of thiazole rings is 1. The lowest BCUT2D eigenvalue weighted by molar-refractivity contribution is -0.135. The van der Waals surface area contributed by atoms with Gasteiger partial charge in [0.1, 0.15) is 0 Å². The van der Waals surface area contributed by atoms with Crippen LogP contribution < -0.4 is 5.32 Å². The molecule has 5 heteroatoms. The Hall–Kier alpha value is -1.72. The van der Waals surface area contributed by atoms with E-state index < -0.39 is 5.97 Å². The fourth-order valence-corrected chi connectivity index (χ4v) is 2.37. The molecule has 1 heterocycles. The smallest absolute Gasteiger partial charge is 0.317 e. The van der Waals surface area contributed by atoms with Crippen LogP contribution in [0, 0.1) is 0 Å². The molecular weight excluding hydrogens is 248 g/mol. The lowest BCUT2D eigenvalue weighted by Crippen LogP contribution is -2.24. The van der Waals surface area contributed by atoms with E-state index in [1.54, 1.807) is 11.3 Å². The Morgan fingerprint density at radius 2 is 2.11 bits per heavy atom. The van der Waals surface area contributed by atoms with Gasteiger partial charge in [0.05, 0.1) is 17.2 Å². The summed E-state index contributed by atoms with van der Waals surface area (Å²) in [6.45, 7) is 0.630. The van der Waals surface area contributed by atoms with Crippen LogP contribution in [-0.4, -0.2) is 29.1 Å². The topological polar surface area (TPSA) is 62.2 Å². The number of nitrogens with zero attached hydrogens (tertiary/aromatic N) is 1. The summed E-state index contributed by atoms with van der Waals surface area (Å²) in [4.78, 5) is 14.9. The normalized spacial score (nSPS) is 10.4. The number of carboxylic acids is 1. The minimum absolute atomic E-state index is 0.00306. The van der Waals surface area contributed by atoms with Gasteiger partial charge in [-0.15, -0.1) is 11.3 Å². The third kappa shape index (κ3) is 3.65. The van der Waals surface area contributed by atoms with Gasteiger partial charge in [-0.25, -0.2) is 4.98 Å². The van der Waals surface area contributed by atoms with E-state index in [0.717, 1.165) is 22.7 Å². The zero-order valence-corrected chi connectivity index (χ0v) is 10.6. The number of hydrogen-bond donors (Lipinski definition) is 2. The molecule has 0 atom stereocenters. The van der Waals surface area contributed by atoms with Gasteiger partial charge >= 0.3 is 5.97 Å². The van der Waals surface area contributed by atoms with Crippen LogP contribution in [0.3, 0.4) is 0 Å². The summed E-state index contributed by atoms with van der Waals surface area (Å²) >= 11 is 1.60. The number of aliphatic carboxylic acids is 1. The zero-order chi connectivity index (χ0) is 12.8. The van der Waals surface area contributed by atoms with Crippen LogP contribution in [0.4, 0.5) is 0 Å². The van der Waals surface area contributed by atoms with Crippen LogP contribution in [0.5, 0.6) is 0 Å². The van der Waals surface area contributed by atoms with Crippen molar-refractivity contribution in [3.63, 3.8) is 0 Å². The molecule has 0 aliphatic rings. The first kappa shape index (κ1) is 12.7. The molecule has 94 valence electrons.